The molecule has 1 rings (SSSR count). The first-order valence-electron chi connectivity index (χ1n) is 4.02. The van der Waals surface area contributed by atoms with E-state index in [-0.39, 0.29) is 29.5 Å². The molecule has 5 heteroatoms. The number of hydrogen-bond donors (Lipinski definition) is 3. The van der Waals surface area contributed by atoms with E-state index in [1.54, 1.807) is 0 Å². The molecule has 1 aromatic rings. The minimum Gasteiger partial charge on any atom is -0.507 e. The van der Waals surface area contributed by atoms with Crippen molar-refractivity contribution in [2.45, 2.75) is 0 Å². The average molecular weight is 216 g/mol. The smallest absolute Gasteiger partial charge is 0.258 e. The van der Waals surface area contributed by atoms with Crippen molar-refractivity contribution in [3.8, 4) is 11.5 Å². The lowest BCUT2D eigenvalue weighted by Gasteiger charge is -2.06. The molecule has 1 amide bonds. The van der Waals surface area contributed by atoms with E-state index in [2.05, 4.69) is 5.32 Å². The lowest BCUT2D eigenvalue weighted by Crippen LogP contribution is -2.25. The van der Waals surface area contributed by atoms with Gasteiger partial charge in [-0.1, -0.05) is 6.07 Å². The number of benzene rings is 1. The third-order valence-electron chi connectivity index (χ3n) is 1.63. The first-order chi connectivity index (χ1) is 6.66. The van der Waals surface area contributed by atoms with Crippen LogP contribution in [0.1, 0.15) is 10.4 Å². The Morgan fingerprint density at radius 2 is 1.93 bits per heavy atom. The number of carbonyl (C=O) groups excluding carboxylic acids is 1. The number of rotatable bonds is 3. The fourth-order valence-electron chi connectivity index (χ4n) is 1.01. The van der Waals surface area contributed by atoms with Gasteiger partial charge in [0, 0.05) is 12.4 Å². The number of alkyl halides is 1. The van der Waals surface area contributed by atoms with Crippen LogP contribution in [0.5, 0.6) is 11.5 Å². The Morgan fingerprint density at radius 1 is 1.36 bits per heavy atom. The zero-order valence-corrected chi connectivity index (χ0v) is 8.08. The van der Waals surface area contributed by atoms with Crippen LogP contribution in [0.3, 0.4) is 0 Å². The maximum atomic E-state index is 11.4. The molecule has 76 valence electrons. The van der Waals surface area contributed by atoms with Crippen molar-refractivity contribution in [2.24, 2.45) is 0 Å². The zero-order valence-electron chi connectivity index (χ0n) is 7.33. The molecule has 14 heavy (non-hydrogen) atoms. The predicted molar refractivity (Wildman–Crippen MR) is 52.8 cm³/mol. The van der Waals surface area contributed by atoms with Crippen LogP contribution in [0.2, 0.25) is 0 Å². The van der Waals surface area contributed by atoms with Crippen molar-refractivity contribution in [3.63, 3.8) is 0 Å². The summed E-state index contributed by atoms with van der Waals surface area (Å²) in [4.78, 5) is 11.4. The van der Waals surface area contributed by atoms with Crippen molar-refractivity contribution < 1.29 is 15.0 Å². The molecule has 0 spiro atoms. The summed E-state index contributed by atoms with van der Waals surface area (Å²) in [7, 11) is 0. The molecule has 0 aliphatic rings. The Bertz CT molecular complexity index is 321. The Labute approximate surface area is 86.1 Å². The van der Waals surface area contributed by atoms with Gasteiger partial charge in [0.25, 0.3) is 5.91 Å². The topological polar surface area (TPSA) is 69.6 Å². The molecule has 0 radical (unpaired) electrons. The molecule has 0 aliphatic heterocycles. The van der Waals surface area contributed by atoms with Crippen LogP contribution in [0.25, 0.3) is 0 Å². The third-order valence-corrected chi connectivity index (χ3v) is 1.82. The van der Waals surface area contributed by atoms with Crippen molar-refractivity contribution in [2.75, 3.05) is 12.4 Å². The summed E-state index contributed by atoms with van der Waals surface area (Å²) in [6.07, 6.45) is 0. The van der Waals surface area contributed by atoms with E-state index in [1.165, 1.54) is 18.2 Å². The highest BCUT2D eigenvalue weighted by molar-refractivity contribution is 6.18. The van der Waals surface area contributed by atoms with Crippen molar-refractivity contribution in [1.82, 2.24) is 5.32 Å². The van der Waals surface area contributed by atoms with Gasteiger partial charge < -0.3 is 15.5 Å². The standard InChI is InChI=1S/C9H10ClNO3/c10-4-5-11-9(14)8-6(12)2-1-3-7(8)13/h1-3,12-13H,4-5H2,(H,11,14). The second-order valence-corrected chi connectivity index (χ2v) is 2.99. The van der Waals surface area contributed by atoms with Crippen LogP contribution in [-0.2, 0) is 0 Å². The number of phenolic OH excluding ortho intramolecular Hbond substituents is 2. The molecule has 0 heterocycles. The van der Waals surface area contributed by atoms with Gasteiger partial charge in [-0.15, -0.1) is 11.6 Å². The van der Waals surface area contributed by atoms with Crippen molar-refractivity contribution in [3.05, 3.63) is 23.8 Å². The number of nitrogens with one attached hydrogen (secondary N) is 1. The van der Waals surface area contributed by atoms with Crippen LogP contribution >= 0.6 is 11.6 Å². The molecule has 0 atom stereocenters. The number of halogens is 1. The molecule has 0 saturated carbocycles. The summed E-state index contributed by atoms with van der Waals surface area (Å²) in [6, 6.07) is 4.10. The third kappa shape index (κ3) is 2.29. The van der Waals surface area contributed by atoms with E-state index < -0.39 is 5.91 Å². The highest BCUT2D eigenvalue weighted by Crippen LogP contribution is 2.25. The van der Waals surface area contributed by atoms with Crippen LogP contribution in [-0.4, -0.2) is 28.5 Å². The highest BCUT2D eigenvalue weighted by atomic mass is 35.5. The minimum atomic E-state index is -0.541. The van der Waals surface area contributed by atoms with Crippen LogP contribution in [0, 0.1) is 0 Å². The monoisotopic (exact) mass is 215 g/mol. The number of carbonyl (C=O) groups is 1. The molecular weight excluding hydrogens is 206 g/mol. The maximum Gasteiger partial charge on any atom is 0.258 e. The highest BCUT2D eigenvalue weighted by Gasteiger charge is 2.14. The molecule has 0 unspecified atom stereocenters. The summed E-state index contributed by atoms with van der Waals surface area (Å²) in [5.74, 6) is -0.768. The van der Waals surface area contributed by atoms with Gasteiger partial charge in [-0.05, 0) is 12.1 Å². The summed E-state index contributed by atoms with van der Waals surface area (Å²) in [5.41, 5.74) is -0.127. The van der Waals surface area contributed by atoms with E-state index >= 15 is 0 Å². The van der Waals surface area contributed by atoms with Gasteiger partial charge in [-0.2, -0.15) is 0 Å². The normalized spacial score (nSPS) is 9.79. The molecule has 3 N–H and O–H groups in total. The van der Waals surface area contributed by atoms with Crippen LogP contribution in [0.4, 0.5) is 0 Å². The lowest BCUT2D eigenvalue weighted by atomic mass is 10.1. The molecular formula is C9H10ClNO3. The zero-order chi connectivity index (χ0) is 10.6. The quantitative estimate of drug-likeness (QED) is 0.661. The van der Waals surface area contributed by atoms with E-state index in [1.807, 2.05) is 0 Å². The number of amides is 1. The molecule has 4 nitrogen and oxygen atoms in total. The minimum absolute atomic E-state index is 0.127. The Balaban J connectivity index is 2.89. The Morgan fingerprint density at radius 3 is 2.43 bits per heavy atom. The Hall–Kier alpha value is -1.42. The number of hydrogen-bond acceptors (Lipinski definition) is 3. The van der Waals surface area contributed by atoms with Crippen LogP contribution in [0.15, 0.2) is 18.2 Å². The van der Waals surface area contributed by atoms with E-state index in [9.17, 15) is 15.0 Å². The van der Waals surface area contributed by atoms with Gasteiger partial charge in [0.05, 0.1) is 0 Å². The molecule has 0 aromatic heterocycles. The van der Waals surface area contributed by atoms with Gasteiger partial charge in [-0.3, -0.25) is 4.79 Å². The van der Waals surface area contributed by atoms with Gasteiger partial charge in [0.2, 0.25) is 0 Å². The second kappa shape index (κ2) is 4.72. The number of phenols is 2. The molecule has 1 aromatic carbocycles. The molecule has 0 saturated heterocycles. The largest absolute Gasteiger partial charge is 0.507 e. The fourth-order valence-corrected chi connectivity index (χ4v) is 1.10. The van der Waals surface area contributed by atoms with E-state index in [0.29, 0.717) is 0 Å². The predicted octanol–water partition coefficient (Wildman–Crippen LogP) is 1.07. The van der Waals surface area contributed by atoms with Crippen LogP contribution < -0.4 is 5.32 Å². The molecule has 0 fully saturated rings. The van der Waals surface area contributed by atoms with Crippen molar-refractivity contribution in [1.29, 1.82) is 0 Å². The average Bonchev–Trinajstić information content (AvgIpc) is 2.14. The SMILES string of the molecule is O=C(NCCCl)c1c(O)cccc1O. The molecule has 0 aliphatic carbocycles. The number of aromatic hydroxyl groups is 2. The summed E-state index contributed by atoms with van der Waals surface area (Å²) in [6.45, 7) is 0.286. The van der Waals surface area contributed by atoms with Gasteiger partial charge in [0.15, 0.2) is 0 Å². The summed E-state index contributed by atoms with van der Waals surface area (Å²) in [5, 5.41) is 21.1. The van der Waals surface area contributed by atoms with Gasteiger partial charge in [-0.25, -0.2) is 0 Å². The fraction of sp³-hybridized carbons (Fsp3) is 0.222. The summed E-state index contributed by atoms with van der Waals surface area (Å²) < 4.78 is 0. The first kappa shape index (κ1) is 10.7. The second-order valence-electron chi connectivity index (χ2n) is 2.62. The maximum absolute atomic E-state index is 11.4. The Kier molecular flexibility index (Phi) is 3.59. The van der Waals surface area contributed by atoms with Gasteiger partial charge >= 0.3 is 0 Å². The van der Waals surface area contributed by atoms with E-state index in [0.717, 1.165) is 0 Å². The summed E-state index contributed by atoms with van der Waals surface area (Å²) >= 11 is 5.37. The van der Waals surface area contributed by atoms with E-state index in [4.69, 9.17) is 11.6 Å². The first-order valence-corrected chi connectivity index (χ1v) is 4.55. The molecule has 0 bridgehead atoms. The van der Waals surface area contributed by atoms with Gasteiger partial charge in [0.1, 0.15) is 17.1 Å². The lowest BCUT2D eigenvalue weighted by molar-refractivity contribution is 0.0950. The van der Waals surface area contributed by atoms with Crippen molar-refractivity contribution >= 4 is 17.5 Å².